The first-order valence-corrected chi connectivity index (χ1v) is 7.80. The quantitative estimate of drug-likeness (QED) is 0.675. The number of hydrogen-bond donors (Lipinski definition) is 1. The molecule has 2 saturated carbocycles. The molecule has 1 N–H and O–H groups in total. The lowest BCUT2D eigenvalue weighted by molar-refractivity contribution is -0.385. The second-order valence-electron chi connectivity index (χ2n) is 7.61. The van der Waals surface area contributed by atoms with Gasteiger partial charge in [-0.2, -0.15) is 0 Å². The fourth-order valence-electron chi connectivity index (χ4n) is 4.86. The largest absolute Gasteiger partial charge is 0.309 e. The van der Waals surface area contributed by atoms with Crippen LogP contribution in [0.5, 0.6) is 0 Å². The summed E-state index contributed by atoms with van der Waals surface area (Å²) in [5.74, 6) is 0.783. The summed E-state index contributed by atoms with van der Waals surface area (Å²) in [4.78, 5) is 10.8. The third kappa shape index (κ3) is 2.26. The summed E-state index contributed by atoms with van der Waals surface area (Å²) in [5, 5.41) is 14.8. The van der Waals surface area contributed by atoms with Crippen LogP contribution >= 0.6 is 0 Å². The summed E-state index contributed by atoms with van der Waals surface area (Å²) in [7, 11) is 0. The number of benzene rings is 1. The van der Waals surface area contributed by atoms with Crippen LogP contribution in [0.1, 0.15) is 45.6 Å². The molecule has 0 saturated heterocycles. The molecule has 0 spiro atoms. The van der Waals surface area contributed by atoms with Crippen molar-refractivity contribution < 1.29 is 4.92 Å². The van der Waals surface area contributed by atoms with Crippen molar-refractivity contribution in [1.29, 1.82) is 0 Å². The maximum absolute atomic E-state index is 11.1. The van der Waals surface area contributed by atoms with Gasteiger partial charge in [0.25, 0.3) is 5.69 Å². The van der Waals surface area contributed by atoms with E-state index in [1.807, 2.05) is 12.1 Å². The van der Waals surface area contributed by atoms with Crippen molar-refractivity contribution >= 4 is 5.69 Å². The van der Waals surface area contributed by atoms with E-state index in [0.29, 0.717) is 18.0 Å². The molecule has 0 amide bonds. The highest BCUT2D eigenvalue weighted by atomic mass is 16.6. The highest BCUT2D eigenvalue weighted by Crippen LogP contribution is 2.62. The third-order valence-corrected chi connectivity index (χ3v) is 5.95. The normalized spacial score (nSPS) is 33.3. The lowest BCUT2D eigenvalue weighted by atomic mass is 9.68. The molecule has 2 fully saturated rings. The molecule has 0 radical (unpaired) electrons. The first-order valence-electron chi connectivity index (χ1n) is 7.80. The molecule has 4 heteroatoms. The molecule has 2 aliphatic rings. The van der Waals surface area contributed by atoms with E-state index in [4.69, 9.17) is 0 Å². The number of nitro benzene ring substituents is 1. The Morgan fingerprint density at radius 2 is 2.05 bits per heavy atom. The van der Waals surface area contributed by atoms with E-state index in [1.54, 1.807) is 12.1 Å². The van der Waals surface area contributed by atoms with Gasteiger partial charge in [0.1, 0.15) is 0 Å². The summed E-state index contributed by atoms with van der Waals surface area (Å²) in [6, 6.07) is 7.48. The van der Waals surface area contributed by atoms with Crippen molar-refractivity contribution in [1.82, 2.24) is 5.32 Å². The lowest BCUT2D eigenvalue weighted by Gasteiger charge is -2.43. The highest BCUT2D eigenvalue weighted by Gasteiger charge is 2.58. The molecule has 4 nitrogen and oxygen atoms in total. The number of rotatable bonds is 4. The van der Waals surface area contributed by atoms with Crippen LogP contribution in [0.2, 0.25) is 0 Å². The fraction of sp³-hybridized carbons (Fsp3) is 0.647. The fourth-order valence-corrected chi connectivity index (χ4v) is 4.86. The van der Waals surface area contributed by atoms with Gasteiger partial charge in [0.2, 0.25) is 0 Å². The average Bonchev–Trinajstić information content (AvgIpc) is 2.89. The molecule has 21 heavy (non-hydrogen) atoms. The van der Waals surface area contributed by atoms with Crippen LogP contribution in [-0.2, 0) is 6.54 Å². The van der Waals surface area contributed by atoms with E-state index in [2.05, 4.69) is 26.1 Å². The van der Waals surface area contributed by atoms with Crippen molar-refractivity contribution in [3.8, 4) is 0 Å². The maximum Gasteiger partial charge on any atom is 0.273 e. The van der Waals surface area contributed by atoms with Crippen molar-refractivity contribution in [3.63, 3.8) is 0 Å². The minimum atomic E-state index is -0.287. The van der Waals surface area contributed by atoms with Crippen LogP contribution in [0.15, 0.2) is 24.3 Å². The van der Waals surface area contributed by atoms with Gasteiger partial charge >= 0.3 is 0 Å². The van der Waals surface area contributed by atoms with Crippen molar-refractivity contribution in [3.05, 3.63) is 39.9 Å². The van der Waals surface area contributed by atoms with Crippen molar-refractivity contribution in [2.24, 2.45) is 16.7 Å². The highest BCUT2D eigenvalue weighted by molar-refractivity contribution is 5.39. The number of fused-ring (bicyclic) bond motifs is 2. The van der Waals surface area contributed by atoms with E-state index >= 15 is 0 Å². The molecule has 2 bridgehead atoms. The number of hydrogen-bond acceptors (Lipinski definition) is 3. The molecule has 0 aromatic heterocycles. The lowest BCUT2D eigenvalue weighted by Crippen LogP contribution is -2.49. The Hall–Kier alpha value is -1.42. The van der Waals surface area contributed by atoms with Crippen molar-refractivity contribution in [2.75, 3.05) is 0 Å². The number of nitrogens with one attached hydrogen (secondary N) is 1. The minimum absolute atomic E-state index is 0.219. The predicted octanol–water partition coefficient (Wildman–Crippen LogP) is 3.90. The standard InChI is InChI=1S/C17H24N2O2/c1-16(2)13-8-9-17(3,10-13)15(16)18-11-12-6-4-5-7-14(12)19(20)21/h4-7,13,15,18H,8-11H2,1-3H3. The third-order valence-electron chi connectivity index (χ3n) is 5.95. The molecular formula is C17H24N2O2. The SMILES string of the molecule is CC12CCC(C1)C(C)(C)C2NCc1ccccc1[N+](=O)[O-]. The van der Waals surface area contributed by atoms with Gasteiger partial charge in [0.05, 0.1) is 4.92 Å². The zero-order valence-corrected chi connectivity index (χ0v) is 13.1. The first-order chi connectivity index (χ1) is 9.84. The van der Waals surface area contributed by atoms with E-state index < -0.39 is 0 Å². The van der Waals surface area contributed by atoms with Crippen LogP contribution < -0.4 is 5.32 Å². The Kier molecular flexibility index (Phi) is 3.32. The monoisotopic (exact) mass is 288 g/mol. The smallest absolute Gasteiger partial charge is 0.273 e. The molecule has 3 unspecified atom stereocenters. The maximum atomic E-state index is 11.1. The minimum Gasteiger partial charge on any atom is -0.309 e. The summed E-state index contributed by atoms with van der Waals surface area (Å²) in [6.07, 6.45) is 3.89. The van der Waals surface area contributed by atoms with Gasteiger partial charge in [-0.15, -0.1) is 0 Å². The average molecular weight is 288 g/mol. The Morgan fingerprint density at radius 1 is 1.33 bits per heavy atom. The number of nitro groups is 1. The first kappa shape index (κ1) is 14.5. The van der Waals surface area contributed by atoms with E-state index in [-0.39, 0.29) is 16.0 Å². The number of para-hydroxylation sites is 1. The summed E-state index contributed by atoms with van der Waals surface area (Å²) < 4.78 is 0. The van der Waals surface area contributed by atoms with Gasteiger partial charge in [0.15, 0.2) is 0 Å². The summed E-state index contributed by atoms with van der Waals surface area (Å²) in [5.41, 5.74) is 1.62. The van der Waals surface area contributed by atoms with E-state index in [1.165, 1.54) is 19.3 Å². The Bertz CT molecular complexity index is 565. The second-order valence-corrected chi connectivity index (χ2v) is 7.61. The van der Waals surface area contributed by atoms with Crippen LogP contribution in [-0.4, -0.2) is 11.0 Å². The molecule has 3 rings (SSSR count). The predicted molar refractivity (Wildman–Crippen MR) is 83.0 cm³/mol. The summed E-state index contributed by atoms with van der Waals surface area (Å²) >= 11 is 0. The number of nitrogens with zero attached hydrogens (tertiary/aromatic N) is 1. The molecule has 1 aromatic rings. The van der Waals surface area contributed by atoms with Crippen LogP contribution in [0, 0.1) is 26.9 Å². The molecular weight excluding hydrogens is 264 g/mol. The zero-order valence-electron chi connectivity index (χ0n) is 13.1. The van der Waals surface area contributed by atoms with Gasteiger partial charge in [0, 0.05) is 24.2 Å². The second kappa shape index (κ2) is 4.80. The zero-order chi connectivity index (χ0) is 15.3. The van der Waals surface area contributed by atoms with Crippen molar-refractivity contribution in [2.45, 2.75) is 52.6 Å². The van der Waals surface area contributed by atoms with E-state index in [0.717, 1.165) is 11.5 Å². The van der Waals surface area contributed by atoms with Gasteiger partial charge in [-0.1, -0.05) is 39.0 Å². The topological polar surface area (TPSA) is 55.2 Å². The Morgan fingerprint density at radius 3 is 2.67 bits per heavy atom. The van der Waals surface area contributed by atoms with Gasteiger partial charge in [-0.25, -0.2) is 0 Å². The Labute approximate surface area is 126 Å². The van der Waals surface area contributed by atoms with Crippen LogP contribution in [0.4, 0.5) is 5.69 Å². The Balaban J connectivity index is 1.78. The molecule has 0 heterocycles. The van der Waals surface area contributed by atoms with Crippen LogP contribution in [0.3, 0.4) is 0 Å². The summed E-state index contributed by atoms with van der Waals surface area (Å²) in [6.45, 7) is 7.64. The molecule has 3 atom stereocenters. The van der Waals surface area contributed by atoms with Gasteiger partial charge < -0.3 is 5.32 Å². The van der Waals surface area contributed by atoms with Gasteiger partial charge in [-0.05, 0) is 36.0 Å². The van der Waals surface area contributed by atoms with Gasteiger partial charge in [-0.3, -0.25) is 10.1 Å². The molecule has 1 aromatic carbocycles. The molecule has 0 aliphatic heterocycles. The van der Waals surface area contributed by atoms with E-state index in [9.17, 15) is 10.1 Å². The van der Waals surface area contributed by atoms with Crippen LogP contribution in [0.25, 0.3) is 0 Å². The molecule has 2 aliphatic carbocycles. The molecule has 114 valence electrons.